The van der Waals surface area contributed by atoms with E-state index in [4.69, 9.17) is 4.74 Å². The highest BCUT2D eigenvalue weighted by atomic mass is 19.3. The van der Waals surface area contributed by atoms with E-state index < -0.39 is 6.61 Å². The molecule has 0 heterocycles. The quantitative estimate of drug-likeness (QED) is 0.587. The number of alkyl halides is 2. The van der Waals surface area contributed by atoms with Crippen molar-refractivity contribution in [2.75, 3.05) is 7.11 Å². The zero-order valence-electron chi connectivity index (χ0n) is 17.2. The summed E-state index contributed by atoms with van der Waals surface area (Å²) in [5, 5.41) is 0. The van der Waals surface area contributed by atoms with E-state index in [-0.39, 0.29) is 11.2 Å². The van der Waals surface area contributed by atoms with Gasteiger partial charge in [0.15, 0.2) is 0 Å². The van der Waals surface area contributed by atoms with E-state index in [0.717, 1.165) is 0 Å². The molecule has 0 spiro atoms. The van der Waals surface area contributed by atoms with Crippen LogP contribution in [0.2, 0.25) is 0 Å². The third-order valence-corrected chi connectivity index (χ3v) is 3.55. The maximum atomic E-state index is 11.8. The van der Waals surface area contributed by atoms with Crippen LogP contribution in [0.4, 0.5) is 8.78 Å². The van der Waals surface area contributed by atoms with Gasteiger partial charge < -0.3 is 9.47 Å². The van der Waals surface area contributed by atoms with Crippen molar-refractivity contribution in [3.63, 3.8) is 0 Å². The van der Waals surface area contributed by atoms with Crippen LogP contribution in [0.25, 0.3) is 0 Å². The van der Waals surface area contributed by atoms with E-state index in [1.165, 1.54) is 24.3 Å². The van der Waals surface area contributed by atoms with E-state index in [1.54, 1.807) is 19.1 Å². The molecule has 146 valence electrons. The summed E-state index contributed by atoms with van der Waals surface area (Å²) in [5.41, 5.74) is 3.74. The maximum absolute atomic E-state index is 11.8. The second-order valence-electron chi connectivity index (χ2n) is 6.57. The van der Waals surface area contributed by atoms with Crippen LogP contribution in [0.3, 0.4) is 0 Å². The fourth-order valence-corrected chi connectivity index (χ4v) is 2.39. The van der Waals surface area contributed by atoms with Gasteiger partial charge in [0.05, 0.1) is 7.11 Å². The van der Waals surface area contributed by atoms with Gasteiger partial charge in [-0.2, -0.15) is 8.78 Å². The number of hydrogen-bond donors (Lipinski definition) is 0. The van der Waals surface area contributed by atoms with E-state index in [9.17, 15) is 8.78 Å². The van der Waals surface area contributed by atoms with Crippen molar-refractivity contribution in [2.45, 2.75) is 60.5 Å². The van der Waals surface area contributed by atoms with E-state index in [2.05, 4.69) is 56.7 Å². The molecule has 2 aromatic rings. The molecule has 0 amide bonds. The number of benzene rings is 2. The van der Waals surface area contributed by atoms with Crippen molar-refractivity contribution in [1.29, 1.82) is 0 Å². The predicted octanol–water partition coefficient (Wildman–Crippen LogP) is 6.92. The monoisotopic (exact) mass is 366 g/mol. The van der Waals surface area contributed by atoms with Crippen LogP contribution in [-0.2, 0) is 5.41 Å². The molecule has 2 rings (SSSR count). The lowest BCUT2D eigenvalue weighted by molar-refractivity contribution is -0.0503. The Morgan fingerprint density at radius 1 is 0.885 bits per heavy atom. The molecule has 0 aliphatic carbocycles. The highest BCUT2D eigenvalue weighted by molar-refractivity contribution is 5.39. The minimum Gasteiger partial charge on any atom is -0.497 e. The Hall–Kier alpha value is -2.10. The van der Waals surface area contributed by atoms with Gasteiger partial charge in [-0.25, -0.2) is 0 Å². The smallest absolute Gasteiger partial charge is 0.387 e. The topological polar surface area (TPSA) is 18.5 Å². The number of hydrogen-bond acceptors (Lipinski definition) is 2. The molecule has 0 aliphatic heterocycles. The highest BCUT2D eigenvalue weighted by Gasteiger charge is 2.14. The van der Waals surface area contributed by atoms with Gasteiger partial charge in [-0.1, -0.05) is 58.9 Å². The third-order valence-electron chi connectivity index (χ3n) is 3.55. The molecular formula is C22H32F2O2. The van der Waals surface area contributed by atoms with Crippen LogP contribution in [0, 0.1) is 13.8 Å². The molecule has 0 aromatic heterocycles. The summed E-state index contributed by atoms with van der Waals surface area (Å²) in [5.74, 6) is 0.801. The Bertz CT molecular complexity index is 647. The number of methoxy groups -OCH3 is 1. The minimum absolute atomic E-state index is 0.177. The molecule has 0 saturated heterocycles. The van der Waals surface area contributed by atoms with Gasteiger partial charge in [0.1, 0.15) is 11.5 Å². The molecule has 0 unspecified atom stereocenters. The fourth-order valence-electron chi connectivity index (χ4n) is 2.39. The van der Waals surface area contributed by atoms with Crippen LogP contribution in [-0.4, -0.2) is 13.7 Å². The second-order valence-corrected chi connectivity index (χ2v) is 6.57. The van der Waals surface area contributed by atoms with Crippen molar-refractivity contribution in [3.8, 4) is 11.5 Å². The summed E-state index contributed by atoms with van der Waals surface area (Å²) in [6.45, 7) is 11.8. The lowest BCUT2D eigenvalue weighted by atomic mass is 9.84. The number of rotatable bonds is 3. The molecule has 0 aliphatic rings. The van der Waals surface area contributed by atoms with Crippen molar-refractivity contribution < 1.29 is 18.3 Å². The summed E-state index contributed by atoms with van der Waals surface area (Å²) < 4.78 is 32.8. The first-order valence-electron chi connectivity index (χ1n) is 8.80. The van der Waals surface area contributed by atoms with Gasteiger partial charge in [0.25, 0.3) is 0 Å². The average Bonchev–Trinajstić information content (AvgIpc) is 2.58. The van der Waals surface area contributed by atoms with Gasteiger partial charge in [0, 0.05) is 0 Å². The zero-order valence-corrected chi connectivity index (χ0v) is 17.2. The van der Waals surface area contributed by atoms with Gasteiger partial charge in [-0.15, -0.1) is 0 Å². The Kier molecular flexibility index (Phi) is 10.6. The van der Waals surface area contributed by atoms with Crippen molar-refractivity contribution in [2.24, 2.45) is 0 Å². The van der Waals surface area contributed by atoms with Gasteiger partial charge >= 0.3 is 6.61 Å². The molecule has 4 heteroatoms. The molecule has 0 radical (unpaired) electrons. The molecule has 0 atom stereocenters. The number of ether oxygens (including phenoxy) is 2. The first-order chi connectivity index (χ1) is 12.1. The van der Waals surface area contributed by atoms with Crippen LogP contribution in [0.15, 0.2) is 42.5 Å². The van der Waals surface area contributed by atoms with Crippen molar-refractivity contribution in [1.82, 2.24) is 0 Å². The Labute approximate surface area is 157 Å². The molecule has 2 aromatic carbocycles. The minimum atomic E-state index is -2.79. The molecule has 26 heavy (non-hydrogen) atoms. The first kappa shape index (κ1) is 23.9. The fraction of sp³-hybridized carbons (Fsp3) is 0.455. The molecule has 0 bridgehead atoms. The summed E-state index contributed by atoms with van der Waals surface area (Å²) in [4.78, 5) is 0. The summed E-state index contributed by atoms with van der Waals surface area (Å²) >= 11 is 0. The van der Waals surface area contributed by atoms with Gasteiger partial charge in [-0.3, -0.25) is 0 Å². The SMILES string of the molecule is CC.COc1ccc(OC(F)F)c(C)c1.Cc1ccccc1C(C)(C)C. The van der Waals surface area contributed by atoms with Crippen LogP contribution in [0.1, 0.15) is 51.3 Å². The largest absolute Gasteiger partial charge is 0.497 e. The van der Waals surface area contributed by atoms with Gasteiger partial charge in [-0.05, 0) is 54.2 Å². The molecule has 0 N–H and O–H groups in total. The second kappa shape index (κ2) is 11.5. The Balaban J connectivity index is 0.000000444. The standard InChI is InChI=1S/C11H16.C9H10F2O2.C2H6/c1-9-7-5-6-8-10(9)11(2,3)4;1-6-5-7(12-2)3-4-8(6)13-9(10)11;1-2/h5-8H,1-4H3;3-5,9H,1-2H3;1-2H3. The molecule has 0 fully saturated rings. The van der Waals surface area contributed by atoms with E-state index >= 15 is 0 Å². The average molecular weight is 366 g/mol. The van der Waals surface area contributed by atoms with Gasteiger partial charge in [0.2, 0.25) is 0 Å². The predicted molar refractivity (Wildman–Crippen MR) is 106 cm³/mol. The Morgan fingerprint density at radius 2 is 1.46 bits per heavy atom. The summed E-state index contributed by atoms with van der Waals surface area (Å²) in [7, 11) is 1.52. The van der Waals surface area contributed by atoms with Crippen LogP contribution < -0.4 is 9.47 Å². The highest BCUT2D eigenvalue weighted by Crippen LogP contribution is 2.25. The first-order valence-corrected chi connectivity index (χ1v) is 8.80. The molecule has 0 saturated carbocycles. The Morgan fingerprint density at radius 3 is 1.85 bits per heavy atom. The normalized spacial score (nSPS) is 10.3. The van der Waals surface area contributed by atoms with Crippen molar-refractivity contribution >= 4 is 0 Å². The van der Waals surface area contributed by atoms with E-state index in [0.29, 0.717) is 11.3 Å². The van der Waals surface area contributed by atoms with Crippen LogP contribution in [0.5, 0.6) is 11.5 Å². The molecule has 2 nitrogen and oxygen atoms in total. The summed E-state index contributed by atoms with van der Waals surface area (Å²) in [6, 6.07) is 13.2. The molecular weight excluding hydrogens is 334 g/mol. The number of aryl methyl sites for hydroxylation is 2. The van der Waals surface area contributed by atoms with Crippen molar-refractivity contribution in [3.05, 3.63) is 59.2 Å². The zero-order chi connectivity index (χ0) is 20.3. The van der Waals surface area contributed by atoms with E-state index in [1.807, 2.05) is 13.8 Å². The maximum Gasteiger partial charge on any atom is 0.387 e. The lowest BCUT2D eigenvalue weighted by Gasteiger charge is -2.21. The lowest BCUT2D eigenvalue weighted by Crippen LogP contribution is -2.12. The summed E-state index contributed by atoms with van der Waals surface area (Å²) in [6.07, 6.45) is 0. The van der Waals surface area contributed by atoms with Crippen LogP contribution >= 0.6 is 0 Å². The third kappa shape index (κ3) is 8.32. The number of halogens is 2.